The smallest absolute Gasteiger partial charge is 0.427 e. The van der Waals surface area contributed by atoms with Gasteiger partial charge in [0.15, 0.2) is 0 Å². The number of rotatable bonds is 8. The maximum Gasteiger partial charge on any atom is 0.500 e. The van der Waals surface area contributed by atoms with Crippen molar-refractivity contribution in [2.45, 2.75) is 25.8 Å². The molecule has 0 heterocycles. The van der Waals surface area contributed by atoms with E-state index in [1.54, 1.807) is 40.4 Å². The summed E-state index contributed by atoms with van der Waals surface area (Å²) in [5.74, 6) is 0.330. The predicted molar refractivity (Wildman–Crippen MR) is 77.7 cm³/mol. The monoisotopic (exact) mass is 298 g/mol. The summed E-state index contributed by atoms with van der Waals surface area (Å²) < 4.78 is 21.2. The lowest BCUT2D eigenvalue weighted by molar-refractivity contribution is -0.134. The summed E-state index contributed by atoms with van der Waals surface area (Å²) in [5, 5.41) is 0. The molecule has 6 heteroatoms. The molecule has 0 radical (unpaired) electrons. The molecule has 0 aliphatic rings. The van der Waals surface area contributed by atoms with Crippen LogP contribution in [-0.4, -0.2) is 36.1 Å². The standard InChI is InChI=1S/C14H22O5Si/c1-5-14(15)19-13-8-6-12(7-9-13)10-11-20(16-2,17-3)18-4/h6-9H,5,10-11H2,1-4H3. The van der Waals surface area contributed by atoms with Crippen LogP contribution in [0, 0.1) is 0 Å². The van der Waals surface area contributed by atoms with Gasteiger partial charge < -0.3 is 18.0 Å². The Hall–Kier alpha value is -1.21. The van der Waals surface area contributed by atoms with Crippen molar-refractivity contribution in [1.82, 2.24) is 0 Å². The number of carbonyl (C=O) groups excluding carboxylic acids is 1. The molecule has 0 bridgehead atoms. The number of carbonyl (C=O) groups is 1. The van der Waals surface area contributed by atoms with Crippen LogP contribution in [0.2, 0.25) is 6.04 Å². The molecule has 0 saturated heterocycles. The first-order chi connectivity index (χ1) is 9.59. The van der Waals surface area contributed by atoms with Crippen molar-refractivity contribution in [3.8, 4) is 5.75 Å². The second-order valence-electron chi connectivity index (χ2n) is 4.27. The number of benzene rings is 1. The van der Waals surface area contributed by atoms with E-state index in [0.717, 1.165) is 12.0 Å². The number of aryl methyl sites for hydroxylation is 1. The number of ether oxygens (including phenoxy) is 1. The first kappa shape index (κ1) is 16.8. The molecule has 0 aromatic heterocycles. The van der Waals surface area contributed by atoms with Crippen LogP contribution >= 0.6 is 0 Å². The molecule has 0 aliphatic carbocycles. The summed E-state index contributed by atoms with van der Waals surface area (Å²) in [4.78, 5) is 11.2. The average Bonchev–Trinajstić information content (AvgIpc) is 2.50. The van der Waals surface area contributed by atoms with E-state index in [1.165, 1.54) is 0 Å². The van der Waals surface area contributed by atoms with Crippen LogP contribution in [0.1, 0.15) is 18.9 Å². The van der Waals surface area contributed by atoms with Crippen molar-refractivity contribution in [3.63, 3.8) is 0 Å². The quantitative estimate of drug-likeness (QED) is 0.419. The molecule has 1 aromatic carbocycles. The molecule has 5 nitrogen and oxygen atoms in total. The minimum Gasteiger partial charge on any atom is -0.427 e. The van der Waals surface area contributed by atoms with Gasteiger partial charge in [0.1, 0.15) is 5.75 Å². The van der Waals surface area contributed by atoms with E-state index < -0.39 is 8.80 Å². The zero-order valence-corrected chi connectivity index (χ0v) is 13.5. The van der Waals surface area contributed by atoms with Crippen LogP contribution in [0.25, 0.3) is 0 Å². The predicted octanol–water partition coefficient (Wildman–Crippen LogP) is 2.42. The Morgan fingerprint density at radius 1 is 1.05 bits per heavy atom. The van der Waals surface area contributed by atoms with Crippen LogP contribution in [0.5, 0.6) is 5.75 Å². The molecule has 20 heavy (non-hydrogen) atoms. The average molecular weight is 298 g/mol. The lowest BCUT2D eigenvalue weighted by Crippen LogP contribution is -2.43. The molecule has 0 N–H and O–H groups in total. The van der Waals surface area contributed by atoms with Crippen molar-refractivity contribution in [1.29, 1.82) is 0 Å². The minimum absolute atomic E-state index is 0.234. The van der Waals surface area contributed by atoms with Crippen molar-refractivity contribution in [3.05, 3.63) is 29.8 Å². The van der Waals surface area contributed by atoms with E-state index in [-0.39, 0.29) is 5.97 Å². The second kappa shape index (κ2) is 8.16. The zero-order valence-electron chi connectivity index (χ0n) is 12.5. The summed E-state index contributed by atoms with van der Waals surface area (Å²) in [5.41, 5.74) is 1.12. The van der Waals surface area contributed by atoms with Crippen molar-refractivity contribution >= 4 is 14.8 Å². The topological polar surface area (TPSA) is 54.0 Å². The Labute approximate surface area is 121 Å². The van der Waals surface area contributed by atoms with Crippen molar-refractivity contribution in [2.24, 2.45) is 0 Å². The summed E-state index contributed by atoms with van der Waals surface area (Å²) >= 11 is 0. The van der Waals surface area contributed by atoms with E-state index in [1.807, 2.05) is 12.1 Å². The van der Waals surface area contributed by atoms with Gasteiger partial charge >= 0.3 is 14.8 Å². The number of esters is 1. The van der Waals surface area contributed by atoms with E-state index >= 15 is 0 Å². The highest BCUT2D eigenvalue weighted by Gasteiger charge is 2.37. The van der Waals surface area contributed by atoms with E-state index in [9.17, 15) is 4.79 Å². The molecule has 0 aliphatic heterocycles. The Balaban J connectivity index is 2.59. The first-order valence-corrected chi connectivity index (χ1v) is 8.47. The second-order valence-corrected chi connectivity index (χ2v) is 7.36. The third kappa shape index (κ3) is 4.72. The van der Waals surface area contributed by atoms with Crippen LogP contribution in [0.4, 0.5) is 0 Å². The highest BCUT2D eigenvalue weighted by atomic mass is 28.4. The molecule has 0 spiro atoms. The maximum absolute atomic E-state index is 11.2. The largest absolute Gasteiger partial charge is 0.500 e. The van der Waals surface area contributed by atoms with Gasteiger partial charge in [0.05, 0.1) is 0 Å². The van der Waals surface area contributed by atoms with Gasteiger partial charge in [-0.1, -0.05) is 19.1 Å². The van der Waals surface area contributed by atoms with Crippen molar-refractivity contribution < 1.29 is 22.8 Å². The lowest BCUT2D eigenvalue weighted by Gasteiger charge is -2.24. The molecular weight excluding hydrogens is 276 g/mol. The third-order valence-electron chi connectivity index (χ3n) is 3.10. The Morgan fingerprint density at radius 3 is 2.05 bits per heavy atom. The van der Waals surface area contributed by atoms with Gasteiger partial charge in [-0.15, -0.1) is 0 Å². The van der Waals surface area contributed by atoms with Gasteiger partial charge in [0, 0.05) is 33.8 Å². The molecule has 1 aromatic rings. The van der Waals surface area contributed by atoms with Gasteiger partial charge in [-0.3, -0.25) is 4.79 Å². The van der Waals surface area contributed by atoms with Gasteiger partial charge in [-0.2, -0.15) is 0 Å². The molecule has 0 atom stereocenters. The Bertz CT molecular complexity index is 406. The van der Waals surface area contributed by atoms with E-state index in [2.05, 4.69) is 0 Å². The van der Waals surface area contributed by atoms with Crippen LogP contribution in [0.15, 0.2) is 24.3 Å². The van der Waals surface area contributed by atoms with Gasteiger partial charge in [0.2, 0.25) is 0 Å². The number of hydrogen-bond donors (Lipinski definition) is 0. The molecule has 0 unspecified atom stereocenters. The highest BCUT2D eigenvalue weighted by Crippen LogP contribution is 2.19. The number of hydrogen-bond acceptors (Lipinski definition) is 5. The first-order valence-electron chi connectivity index (χ1n) is 6.54. The van der Waals surface area contributed by atoms with E-state index in [0.29, 0.717) is 18.2 Å². The summed E-state index contributed by atoms with van der Waals surface area (Å²) in [7, 11) is 2.28. The van der Waals surface area contributed by atoms with Crippen molar-refractivity contribution in [2.75, 3.05) is 21.3 Å². The fraction of sp³-hybridized carbons (Fsp3) is 0.500. The minimum atomic E-state index is -2.53. The normalized spacial score (nSPS) is 11.4. The van der Waals surface area contributed by atoms with Crippen LogP contribution in [-0.2, 0) is 24.5 Å². The maximum atomic E-state index is 11.2. The highest BCUT2D eigenvalue weighted by molar-refractivity contribution is 6.60. The fourth-order valence-electron chi connectivity index (χ4n) is 1.78. The van der Waals surface area contributed by atoms with Gasteiger partial charge in [-0.05, 0) is 24.1 Å². The molecule has 1 rings (SSSR count). The third-order valence-corrected chi connectivity index (χ3v) is 5.82. The Morgan fingerprint density at radius 2 is 1.60 bits per heavy atom. The summed E-state index contributed by atoms with van der Waals surface area (Å²) in [6.07, 6.45) is 1.15. The molecular formula is C14H22O5Si. The SMILES string of the molecule is CCC(=O)Oc1ccc(CC[Si](OC)(OC)OC)cc1. The fourth-order valence-corrected chi connectivity index (χ4v) is 3.49. The zero-order chi connectivity index (χ0) is 15.0. The van der Waals surface area contributed by atoms with Gasteiger partial charge in [0.25, 0.3) is 0 Å². The van der Waals surface area contributed by atoms with Crippen LogP contribution in [0.3, 0.4) is 0 Å². The molecule has 0 saturated carbocycles. The van der Waals surface area contributed by atoms with E-state index in [4.69, 9.17) is 18.0 Å². The molecule has 0 amide bonds. The summed E-state index contributed by atoms with van der Waals surface area (Å²) in [6, 6.07) is 8.14. The Kier molecular flexibility index (Phi) is 6.87. The molecule has 0 fully saturated rings. The lowest BCUT2D eigenvalue weighted by atomic mass is 10.2. The van der Waals surface area contributed by atoms with Crippen LogP contribution < -0.4 is 4.74 Å². The summed E-state index contributed by atoms with van der Waals surface area (Å²) in [6.45, 7) is 1.77. The van der Waals surface area contributed by atoms with Gasteiger partial charge in [-0.25, -0.2) is 0 Å². The molecule has 112 valence electrons.